The lowest BCUT2D eigenvalue weighted by atomic mass is 9.91. The number of hydrogen-bond donors (Lipinski definition) is 0. The standard InChI is InChI=1S/C30H33NO6/c1-4-36-30(33)22-11-13-24(14-12-22)37-20-26-25-19-28(35-3)27(34-2)18-23(25)16-17-31(26)29(32)15-10-21-8-6-5-7-9-21/h5-9,11-14,18-19,26H,4,10,15-17,20H2,1-3H3/t26-/m1/s1. The van der Waals surface area contributed by atoms with Gasteiger partial charge < -0.3 is 23.8 Å². The molecule has 4 rings (SSSR count). The lowest BCUT2D eigenvalue weighted by Crippen LogP contribution is -2.42. The van der Waals surface area contributed by atoms with E-state index in [9.17, 15) is 9.59 Å². The zero-order valence-electron chi connectivity index (χ0n) is 21.6. The Balaban J connectivity index is 1.56. The van der Waals surface area contributed by atoms with Gasteiger partial charge in [-0.05, 0) is 72.9 Å². The fraction of sp³-hybridized carbons (Fsp3) is 0.333. The number of aryl methyl sites for hydroxylation is 1. The van der Waals surface area contributed by atoms with E-state index in [-0.39, 0.29) is 24.5 Å². The largest absolute Gasteiger partial charge is 0.493 e. The van der Waals surface area contributed by atoms with Gasteiger partial charge in [0, 0.05) is 13.0 Å². The summed E-state index contributed by atoms with van der Waals surface area (Å²) >= 11 is 0. The summed E-state index contributed by atoms with van der Waals surface area (Å²) in [4.78, 5) is 27.3. The molecule has 7 heteroatoms. The summed E-state index contributed by atoms with van der Waals surface area (Å²) in [6.45, 7) is 2.94. The molecule has 0 bridgehead atoms. The topological polar surface area (TPSA) is 74.3 Å². The predicted molar refractivity (Wildman–Crippen MR) is 140 cm³/mol. The maximum atomic E-state index is 13.4. The Hall–Kier alpha value is -4.00. The number of hydrogen-bond acceptors (Lipinski definition) is 6. The maximum Gasteiger partial charge on any atom is 0.338 e. The van der Waals surface area contributed by atoms with E-state index in [0.717, 1.165) is 23.1 Å². The van der Waals surface area contributed by atoms with Crippen LogP contribution in [0.2, 0.25) is 0 Å². The molecule has 7 nitrogen and oxygen atoms in total. The van der Waals surface area contributed by atoms with Gasteiger partial charge in [-0.1, -0.05) is 30.3 Å². The number of fused-ring (bicyclic) bond motifs is 1. The monoisotopic (exact) mass is 503 g/mol. The van der Waals surface area contributed by atoms with Gasteiger partial charge in [-0.25, -0.2) is 4.79 Å². The summed E-state index contributed by atoms with van der Waals surface area (Å²) in [5.74, 6) is 1.60. The highest BCUT2D eigenvalue weighted by atomic mass is 16.5. The van der Waals surface area contributed by atoms with E-state index in [1.807, 2.05) is 47.4 Å². The Morgan fingerprint density at radius 2 is 1.65 bits per heavy atom. The van der Waals surface area contributed by atoms with Gasteiger partial charge in [0.25, 0.3) is 0 Å². The number of benzene rings is 3. The van der Waals surface area contributed by atoms with Crippen LogP contribution in [-0.4, -0.2) is 50.8 Å². The minimum absolute atomic E-state index is 0.0792. The number of rotatable bonds is 10. The Kier molecular flexibility index (Phi) is 8.67. The van der Waals surface area contributed by atoms with Gasteiger partial charge in [-0.3, -0.25) is 4.79 Å². The van der Waals surface area contributed by atoms with Crippen LogP contribution in [0.5, 0.6) is 17.2 Å². The first kappa shape index (κ1) is 26.1. The third kappa shape index (κ3) is 6.23. The molecule has 0 unspecified atom stereocenters. The smallest absolute Gasteiger partial charge is 0.338 e. The van der Waals surface area contributed by atoms with Crippen LogP contribution < -0.4 is 14.2 Å². The molecule has 0 saturated heterocycles. The van der Waals surface area contributed by atoms with E-state index in [1.54, 1.807) is 45.4 Å². The van der Waals surface area contributed by atoms with Crippen molar-refractivity contribution < 1.29 is 28.5 Å². The first-order chi connectivity index (χ1) is 18.0. The summed E-state index contributed by atoms with van der Waals surface area (Å²) in [7, 11) is 3.22. The molecule has 1 aliphatic heterocycles. The van der Waals surface area contributed by atoms with Crippen molar-refractivity contribution in [2.75, 3.05) is 34.0 Å². The number of carbonyl (C=O) groups is 2. The van der Waals surface area contributed by atoms with Crippen LogP contribution in [0, 0.1) is 0 Å². The first-order valence-corrected chi connectivity index (χ1v) is 12.5. The van der Waals surface area contributed by atoms with Gasteiger partial charge in [0.1, 0.15) is 12.4 Å². The molecule has 1 atom stereocenters. The molecule has 3 aromatic carbocycles. The van der Waals surface area contributed by atoms with Crippen molar-refractivity contribution in [3.05, 3.63) is 89.0 Å². The summed E-state index contributed by atoms with van der Waals surface area (Å²) in [5, 5.41) is 0. The number of amides is 1. The van der Waals surface area contributed by atoms with Gasteiger partial charge in [-0.2, -0.15) is 0 Å². The third-order valence-corrected chi connectivity index (χ3v) is 6.57. The summed E-state index contributed by atoms with van der Waals surface area (Å²) < 4.78 is 22.3. The highest BCUT2D eigenvalue weighted by molar-refractivity contribution is 5.89. The molecule has 1 heterocycles. The molecular weight excluding hydrogens is 470 g/mol. The molecule has 1 amide bonds. The van der Waals surface area contributed by atoms with Crippen molar-refractivity contribution in [2.45, 2.75) is 32.2 Å². The number of nitrogens with zero attached hydrogens (tertiary/aromatic N) is 1. The van der Waals surface area contributed by atoms with E-state index >= 15 is 0 Å². The van der Waals surface area contributed by atoms with Gasteiger partial charge in [0.05, 0.1) is 32.4 Å². The predicted octanol–water partition coefficient (Wildman–Crippen LogP) is 5.02. The van der Waals surface area contributed by atoms with Crippen molar-refractivity contribution in [1.82, 2.24) is 4.90 Å². The van der Waals surface area contributed by atoms with Crippen molar-refractivity contribution in [2.24, 2.45) is 0 Å². The van der Waals surface area contributed by atoms with Crippen molar-refractivity contribution in [1.29, 1.82) is 0 Å². The molecule has 194 valence electrons. The normalized spacial score (nSPS) is 14.5. The number of esters is 1. The second-order valence-corrected chi connectivity index (χ2v) is 8.80. The molecule has 0 aliphatic carbocycles. The molecule has 1 aliphatic rings. The van der Waals surface area contributed by atoms with Crippen LogP contribution in [0.15, 0.2) is 66.7 Å². The van der Waals surface area contributed by atoms with Gasteiger partial charge >= 0.3 is 5.97 Å². The van der Waals surface area contributed by atoms with E-state index in [1.165, 1.54) is 0 Å². The van der Waals surface area contributed by atoms with Crippen LogP contribution >= 0.6 is 0 Å². The third-order valence-electron chi connectivity index (χ3n) is 6.57. The Bertz CT molecular complexity index is 1210. The Morgan fingerprint density at radius 3 is 2.32 bits per heavy atom. The average Bonchev–Trinajstić information content (AvgIpc) is 2.94. The fourth-order valence-corrected chi connectivity index (χ4v) is 4.62. The van der Waals surface area contributed by atoms with Crippen LogP contribution in [0.25, 0.3) is 0 Å². The minimum Gasteiger partial charge on any atom is -0.493 e. The summed E-state index contributed by atoms with van der Waals surface area (Å²) in [6, 6.07) is 20.5. The highest BCUT2D eigenvalue weighted by Gasteiger charge is 2.32. The number of ether oxygens (including phenoxy) is 4. The second-order valence-electron chi connectivity index (χ2n) is 8.80. The fourth-order valence-electron chi connectivity index (χ4n) is 4.62. The quantitative estimate of drug-likeness (QED) is 0.362. The number of methoxy groups -OCH3 is 2. The molecule has 3 aromatic rings. The van der Waals surface area contributed by atoms with E-state index < -0.39 is 0 Å². The van der Waals surface area contributed by atoms with Crippen molar-refractivity contribution >= 4 is 11.9 Å². The molecule has 0 aromatic heterocycles. The lowest BCUT2D eigenvalue weighted by molar-refractivity contribution is -0.134. The van der Waals surface area contributed by atoms with Crippen molar-refractivity contribution in [3.8, 4) is 17.2 Å². The summed E-state index contributed by atoms with van der Waals surface area (Å²) in [5.41, 5.74) is 3.69. The minimum atomic E-state index is -0.369. The molecule has 0 N–H and O–H groups in total. The van der Waals surface area contributed by atoms with Gasteiger partial charge in [0.15, 0.2) is 11.5 Å². The lowest BCUT2D eigenvalue weighted by Gasteiger charge is -2.37. The van der Waals surface area contributed by atoms with Crippen LogP contribution in [0.3, 0.4) is 0 Å². The van der Waals surface area contributed by atoms with Crippen molar-refractivity contribution in [3.63, 3.8) is 0 Å². The SMILES string of the molecule is CCOC(=O)c1ccc(OC[C@@H]2c3cc(OC)c(OC)cc3CCN2C(=O)CCc2ccccc2)cc1. The van der Waals surface area contributed by atoms with E-state index in [4.69, 9.17) is 18.9 Å². The van der Waals surface area contributed by atoms with Gasteiger partial charge in [0.2, 0.25) is 5.91 Å². The van der Waals surface area contributed by atoms with Crippen LogP contribution in [0.1, 0.15) is 46.4 Å². The average molecular weight is 504 g/mol. The zero-order chi connectivity index (χ0) is 26.2. The van der Waals surface area contributed by atoms with E-state index in [0.29, 0.717) is 48.8 Å². The molecule has 37 heavy (non-hydrogen) atoms. The number of carbonyl (C=O) groups excluding carboxylic acids is 2. The Labute approximate surface area is 217 Å². The first-order valence-electron chi connectivity index (χ1n) is 12.5. The van der Waals surface area contributed by atoms with Crippen LogP contribution in [0.4, 0.5) is 0 Å². The van der Waals surface area contributed by atoms with Crippen LogP contribution in [-0.2, 0) is 22.4 Å². The van der Waals surface area contributed by atoms with Gasteiger partial charge in [-0.15, -0.1) is 0 Å². The summed E-state index contributed by atoms with van der Waals surface area (Å²) in [6.07, 6.45) is 1.81. The van der Waals surface area contributed by atoms with E-state index in [2.05, 4.69) is 0 Å². The highest BCUT2D eigenvalue weighted by Crippen LogP contribution is 2.38. The molecule has 0 spiro atoms. The molecule has 0 saturated carbocycles. The zero-order valence-corrected chi connectivity index (χ0v) is 21.6. The second kappa shape index (κ2) is 12.3. The molecule has 0 radical (unpaired) electrons. The molecular formula is C30H33NO6. The Morgan fingerprint density at radius 1 is 0.946 bits per heavy atom. The molecule has 0 fully saturated rings. The maximum absolute atomic E-state index is 13.4.